The topological polar surface area (TPSA) is 84.4 Å². The average molecular weight is 328 g/mol. The molecule has 8 heteroatoms. The first-order valence-electron chi connectivity index (χ1n) is 7.45. The standard InChI is InChI=1S/C14H24N4O3S/c1-10-7-14(17-13(4)16-10)15-5-6-22(19,20)18-8-11(2)21-12(3)9-18/h7,11-12H,5-6,8-9H2,1-4H3,(H,15,16,17). The second kappa shape index (κ2) is 6.89. The van der Waals surface area contributed by atoms with E-state index in [-0.39, 0.29) is 18.0 Å². The van der Waals surface area contributed by atoms with E-state index in [2.05, 4.69) is 15.3 Å². The number of hydrogen-bond donors (Lipinski definition) is 1. The summed E-state index contributed by atoms with van der Waals surface area (Å²) in [4.78, 5) is 8.43. The summed E-state index contributed by atoms with van der Waals surface area (Å²) in [5.41, 5.74) is 0.855. The molecule has 1 fully saturated rings. The number of nitrogens with zero attached hydrogens (tertiary/aromatic N) is 3. The molecule has 2 atom stereocenters. The Labute approximate surface area is 132 Å². The number of hydrogen-bond acceptors (Lipinski definition) is 6. The van der Waals surface area contributed by atoms with E-state index < -0.39 is 10.0 Å². The Morgan fingerprint density at radius 1 is 1.27 bits per heavy atom. The van der Waals surface area contributed by atoms with Crippen LogP contribution in [-0.2, 0) is 14.8 Å². The molecule has 0 bridgehead atoms. The summed E-state index contributed by atoms with van der Waals surface area (Å²) in [5, 5.41) is 3.06. The fourth-order valence-electron chi connectivity index (χ4n) is 2.60. The van der Waals surface area contributed by atoms with E-state index in [0.29, 0.717) is 31.3 Å². The van der Waals surface area contributed by atoms with Gasteiger partial charge in [0.05, 0.1) is 18.0 Å². The van der Waals surface area contributed by atoms with Crippen LogP contribution in [0, 0.1) is 13.8 Å². The molecule has 1 aromatic heterocycles. The molecule has 1 N–H and O–H groups in total. The Morgan fingerprint density at radius 2 is 1.91 bits per heavy atom. The molecule has 7 nitrogen and oxygen atoms in total. The third-order valence-corrected chi connectivity index (χ3v) is 5.22. The molecular weight excluding hydrogens is 304 g/mol. The summed E-state index contributed by atoms with van der Waals surface area (Å²) in [6.07, 6.45) is -0.141. The van der Waals surface area contributed by atoms with Crippen LogP contribution in [0.2, 0.25) is 0 Å². The third-order valence-electron chi connectivity index (χ3n) is 3.41. The zero-order valence-electron chi connectivity index (χ0n) is 13.5. The number of sulfonamides is 1. The molecule has 124 valence electrons. The van der Waals surface area contributed by atoms with Crippen molar-refractivity contribution >= 4 is 15.8 Å². The maximum Gasteiger partial charge on any atom is 0.216 e. The van der Waals surface area contributed by atoms with Crippen molar-refractivity contribution in [2.24, 2.45) is 0 Å². The lowest BCUT2D eigenvalue weighted by Crippen LogP contribution is -2.49. The third kappa shape index (κ3) is 4.62. The van der Waals surface area contributed by atoms with Crippen molar-refractivity contribution in [3.8, 4) is 0 Å². The van der Waals surface area contributed by atoms with Gasteiger partial charge in [0.1, 0.15) is 11.6 Å². The van der Waals surface area contributed by atoms with Gasteiger partial charge in [-0.1, -0.05) is 0 Å². The van der Waals surface area contributed by atoms with Gasteiger partial charge in [-0.2, -0.15) is 4.31 Å². The summed E-state index contributed by atoms with van der Waals surface area (Å²) in [7, 11) is -3.29. The summed E-state index contributed by atoms with van der Waals surface area (Å²) in [5.74, 6) is 1.36. The number of anilines is 1. The van der Waals surface area contributed by atoms with Gasteiger partial charge < -0.3 is 10.1 Å². The van der Waals surface area contributed by atoms with Crippen LogP contribution >= 0.6 is 0 Å². The Bertz CT molecular complexity index is 590. The van der Waals surface area contributed by atoms with E-state index in [0.717, 1.165) is 5.69 Å². The monoisotopic (exact) mass is 328 g/mol. The molecule has 0 spiro atoms. The molecular formula is C14H24N4O3S. The largest absolute Gasteiger partial charge is 0.373 e. The van der Waals surface area contributed by atoms with Crippen LogP contribution in [-0.4, -0.2) is 60.3 Å². The Balaban J connectivity index is 1.92. The zero-order valence-corrected chi connectivity index (χ0v) is 14.4. The maximum absolute atomic E-state index is 12.4. The molecule has 2 unspecified atom stereocenters. The minimum Gasteiger partial charge on any atom is -0.373 e. The van der Waals surface area contributed by atoms with Gasteiger partial charge in [0.25, 0.3) is 0 Å². The number of morpholine rings is 1. The quantitative estimate of drug-likeness (QED) is 0.866. The predicted octanol–water partition coefficient (Wildman–Crippen LogP) is 0.944. The van der Waals surface area contributed by atoms with Crippen molar-refractivity contribution in [1.82, 2.24) is 14.3 Å². The van der Waals surface area contributed by atoms with E-state index in [4.69, 9.17) is 4.74 Å². The van der Waals surface area contributed by atoms with Crippen molar-refractivity contribution < 1.29 is 13.2 Å². The fraction of sp³-hybridized carbons (Fsp3) is 0.714. The van der Waals surface area contributed by atoms with Gasteiger partial charge in [0, 0.05) is 31.4 Å². The summed E-state index contributed by atoms with van der Waals surface area (Å²) < 4.78 is 31.9. The molecule has 0 amide bonds. The van der Waals surface area contributed by atoms with Crippen LogP contribution in [0.1, 0.15) is 25.4 Å². The lowest BCUT2D eigenvalue weighted by molar-refractivity contribution is -0.0440. The lowest BCUT2D eigenvalue weighted by atomic mass is 10.3. The maximum atomic E-state index is 12.4. The number of aromatic nitrogens is 2. The normalized spacial score (nSPS) is 23.5. The van der Waals surface area contributed by atoms with E-state index in [9.17, 15) is 8.42 Å². The highest BCUT2D eigenvalue weighted by Crippen LogP contribution is 2.15. The summed E-state index contributed by atoms with van der Waals surface area (Å²) in [6, 6.07) is 1.80. The Hall–Kier alpha value is -1.25. The second-order valence-corrected chi connectivity index (χ2v) is 7.85. The van der Waals surface area contributed by atoms with E-state index >= 15 is 0 Å². The number of rotatable bonds is 5. The predicted molar refractivity (Wildman–Crippen MR) is 85.4 cm³/mol. The van der Waals surface area contributed by atoms with Gasteiger partial charge in [0.15, 0.2) is 0 Å². The molecule has 0 saturated carbocycles. The SMILES string of the molecule is Cc1cc(NCCS(=O)(=O)N2CC(C)OC(C)C2)nc(C)n1. The minimum atomic E-state index is -3.29. The van der Waals surface area contributed by atoms with Crippen LogP contribution in [0.5, 0.6) is 0 Å². The van der Waals surface area contributed by atoms with Crippen molar-refractivity contribution in [2.45, 2.75) is 39.9 Å². The van der Waals surface area contributed by atoms with Crippen molar-refractivity contribution in [3.63, 3.8) is 0 Å². The van der Waals surface area contributed by atoms with Crippen molar-refractivity contribution in [3.05, 3.63) is 17.6 Å². The van der Waals surface area contributed by atoms with Gasteiger partial charge >= 0.3 is 0 Å². The van der Waals surface area contributed by atoms with Crippen molar-refractivity contribution in [1.29, 1.82) is 0 Å². The van der Waals surface area contributed by atoms with Crippen LogP contribution in [0.4, 0.5) is 5.82 Å². The van der Waals surface area contributed by atoms with Crippen LogP contribution in [0.3, 0.4) is 0 Å². The van der Waals surface area contributed by atoms with Gasteiger partial charge in [-0.3, -0.25) is 0 Å². The van der Waals surface area contributed by atoms with E-state index in [1.807, 2.05) is 27.7 Å². The molecule has 2 heterocycles. The second-order valence-electron chi connectivity index (χ2n) is 5.76. The zero-order chi connectivity index (χ0) is 16.3. The molecule has 0 radical (unpaired) electrons. The van der Waals surface area contributed by atoms with E-state index in [1.165, 1.54) is 4.31 Å². The fourth-order valence-corrected chi connectivity index (χ4v) is 4.09. The first-order chi connectivity index (χ1) is 10.3. The van der Waals surface area contributed by atoms with Gasteiger partial charge in [-0.25, -0.2) is 18.4 Å². The molecule has 1 aliphatic heterocycles. The Kier molecular flexibility index (Phi) is 5.36. The molecule has 0 aliphatic carbocycles. The minimum absolute atomic E-state index is 0.0362. The first-order valence-corrected chi connectivity index (χ1v) is 9.06. The molecule has 22 heavy (non-hydrogen) atoms. The van der Waals surface area contributed by atoms with E-state index in [1.54, 1.807) is 6.07 Å². The Morgan fingerprint density at radius 3 is 2.50 bits per heavy atom. The first kappa shape index (κ1) is 17.1. The number of nitrogens with one attached hydrogen (secondary N) is 1. The number of ether oxygens (including phenoxy) is 1. The highest BCUT2D eigenvalue weighted by molar-refractivity contribution is 7.89. The van der Waals surface area contributed by atoms with Gasteiger partial charge in [0.2, 0.25) is 10.0 Å². The molecule has 1 aromatic rings. The smallest absolute Gasteiger partial charge is 0.216 e. The summed E-state index contributed by atoms with van der Waals surface area (Å²) in [6.45, 7) is 8.62. The molecule has 1 aliphatic rings. The molecule has 0 aromatic carbocycles. The number of aryl methyl sites for hydroxylation is 2. The summed E-state index contributed by atoms with van der Waals surface area (Å²) >= 11 is 0. The van der Waals surface area contributed by atoms with Gasteiger partial charge in [-0.15, -0.1) is 0 Å². The van der Waals surface area contributed by atoms with Crippen LogP contribution < -0.4 is 5.32 Å². The highest BCUT2D eigenvalue weighted by atomic mass is 32.2. The molecule has 1 saturated heterocycles. The lowest BCUT2D eigenvalue weighted by Gasteiger charge is -2.34. The average Bonchev–Trinajstić information content (AvgIpc) is 2.36. The van der Waals surface area contributed by atoms with Crippen LogP contribution in [0.25, 0.3) is 0 Å². The van der Waals surface area contributed by atoms with Crippen molar-refractivity contribution in [2.75, 3.05) is 30.7 Å². The van der Waals surface area contributed by atoms with Gasteiger partial charge in [-0.05, 0) is 27.7 Å². The highest BCUT2D eigenvalue weighted by Gasteiger charge is 2.30. The molecule has 2 rings (SSSR count). The van der Waals surface area contributed by atoms with Crippen LogP contribution in [0.15, 0.2) is 6.07 Å².